The van der Waals surface area contributed by atoms with Gasteiger partial charge in [0.25, 0.3) is 5.91 Å². The van der Waals surface area contributed by atoms with Crippen molar-refractivity contribution in [3.63, 3.8) is 0 Å². The summed E-state index contributed by atoms with van der Waals surface area (Å²) in [7, 11) is 0. The predicted molar refractivity (Wildman–Crippen MR) is 99.9 cm³/mol. The predicted octanol–water partition coefficient (Wildman–Crippen LogP) is 1.66. The summed E-state index contributed by atoms with van der Waals surface area (Å²) in [6, 6.07) is 2.96. The van der Waals surface area contributed by atoms with Gasteiger partial charge in [-0.15, -0.1) is 0 Å². The van der Waals surface area contributed by atoms with E-state index in [4.69, 9.17) is 4.74 Å². The lowest BCUT2D eigenvalue weighted by Gasteiger charge is -2.31. The molecule has 2 amide bonds. The van der Waals surface area contributed by atoms with Gasteiger partial charge < -0.3 is 15.0 Å². The lowest BCUT2D eigenvalue weighted by molar-refractivity contribution is -0.126. The van der Waals surface area contributed by atoms with Gasteiger partial charge in [-0.2, -0.15) is 0 Å². The van der Waals surface area contributed by atoms with E-state index in [0.29, 0.717) is 38.5 Å². The maximum absolute atomic E-state index is 13.8. The molecule has 28 heavy (non-hydrogen) atoms. The molecule has 0 atom stereocenters. The van der Waals surface area contributed by atoms with Gasteiger partial charge in [-0.05, 0) is 37.9 Å². The fraction of sp³-hybridized carbons (Fsp3) is 0.600. The maximum atomic E-state index is 13.8. The third-order valence-corrected chi connectivity index (χ3v) is 5.37. The first-order chi connectivity index (χ1) is 13.5. The van der Waals surface area contributed by atoms with Gasteiger partial charge in [0.15, 0.2) is 0 Å². The first-order valence-corrected chi connectivity index (χ1v) is 9.87. The zero-order valence-corrected chi connectivity index (χ0v) is 16.0. The number of piperidine rings is 1. The van der Waals surface area contributed by atoms with Gasteiger partial charge in [-0.3, -0.25) is 14.5 Å². The molecule has 0 spiro atoms. The highest BCUT2D eigenvalue weighted by molar-refractivity contribution is 5.94. The van der Waals surface area contributed by atoms with E-state index in [-0.39, 0.29) is 17.4 Å². The number of amides is 2. The molecule has 2 heterocycles. The largest absolute Gasteiger partial charge is 0.379 e. The normalized spacial score (nSPS) is 18.9. The Kier molecular flexibility index (Phi) is 7.33. The molecule has 0 bridgehead atoms. The summed E-state index contributed by atoms with van der Waals surface area (Å²) in [6.45, 7) is 5.78. The van der Waals surface area contributed by atoms with E-state index in [1.165, 1.54) is 11.0 Å². The highest BCUT2D eigenvalue weighted by Gasteiger charge is 2.28. The molecule has 0 aliphatic carbocycles. The van der Waals surface area contributed by atoms with Crippen LogP contribution in [-0.4, -0.2) is 74.1 Å². The van der Waals surface area contributed by atoms with Gasteiger partial charge in [-0.1, -0.05) is 0 Å². The molecule has 2 aliphatic heterocycles. The van der Waals surface area contributed by atoms with Crippen LogP contribution in [0.25, 0.3) is 0 Å². The Balaban J connectivity index is 1.38. The average molecular weight is 395 g/mol. The quantitative estimate of drug-likeness (QED) is 0.745. The number of likely N-dealkylation sites (tertiary alicyclic amines) is 1. The Labute approximate surface area is 163 Å². The number of nitrogens with one attached hydrogen (secondary N) is 1. The molecule has 1 N–H and O–H groups in total. The van der Waals surface area contributed by atoms with E-state index in [1.807, 2.05) is 0 Å². The summed E-state index contributed by atoms with van der Waals surface area (Å²) in [4.78, 5) is 28.6. The molecule has 0 aromatic heterocycles. The molecule has 2 saturated heterocycles. The molecular weight excluding hydrogens is 368 g/mol. The molecular formula is C20H27F2N3O3. The third-order valence-electron chi connectivity index (χ3n) is 5.37. The monoisotopic (exact) mass is 395 g/mol. The minimum atomic E-state index is -0.856. The minimum absolute atomic E-state index is 0.0158. The molecule has 0 unspecified atom stereocenters. The van der Waals surface area contributed by atoms with Crippen LogP contribution in [0.3, 0.4) is 0 Å². The number of hydrogen-bond acceptors (Lipinski definition) is 4. The second kappa shape index (κ2) is 9.93. The van der Waals surface area contributed by atoms with Gasteiger partial charge in [0.2, 0.25) is 5.91 Å². The number of halogens is 2. The summed E-state index contributed by atoms with van der Waals surface area (Å²) in [5.74, 6) is -2.14. The summed E-state index contributed by atoms with van der Waals surface area (Å²) in [5.41, 5.74) is -0.132. The standard InChI is InChI=1S/C20H27F2N3O3/c21-16-2-3-17(18(22)14-16)20(27)25-8-4-15(5-9-25)19(26)23-6-1-7-24-10-12-28-13-11-24/h2-3,14-15H,1,4-13H2,(H,23,26). The maximum Gasteiger partial charge on any atom is 0.256 e. The van der Waals surface area contributed by atoms with E-state index in [9.17, 15) is 18.4 Å². The summed E-state index contributed by atoms with van der Waals surface area (Å²) < 4.78 is 32.1. The van der Waals surface area contributed by atoms with Crippen LogP contribution in [0.15, 0.2) is 18.2 Å². The van der Waals surface area contributed by atoms with Crippen molar-refractivity contribution >= 4 is 11.8 Å². The molecule has 2 fully saturated rings. The molecule has 2 aliphatic rings. The van der Waals surface area contributed by atoms with Crippen LogP contribution in [0.4, 0.5) is 8.78 Å². The summed E-state index contributed by atoms with van der Waals surface area (Å²) in [5, 5.41) is 2.98. The molecule has 154 valence electrons. The number of hydrogen-bond donors (Lipinski definition) is 1. The van der Waals surface area contributed by atoms with Gasteiger partial charge >= 0.3 is 0 Å². The van der Waals surface area contributed by atoms with E-state index in [1.54, 1.807) is 0 Å². The lowest BCUT2D eigenvalue weighted by Crippen LogP contribution is -2.43. The van der Waals surface area contributed by atoms with Crippen molar-refractivity contribution in [3.8, 4) is 0 Å². The van der Waals surface area contributed by atoms with Crippen LogP contribution in [0.5, 0.6) is 0 Å². The van der Waals surface area contributed by atoms with Gasteiger partial charge in [-0.25, -0.2) is 8.78 Å². The Bertz CT molecular complexity index is 687. The smallest absolute Gasteiger partial charge is 0.256 e. The highest BCUT2D eigenvalue weighted by atomic mass is 19.1. The van der Waals surface area contributed by atoms with E-state index < -0.39 is 17.5 Å². The SMILES string of the molecule is O=C(NCCCN1CCOCC1)C1CCN(C(=O)c2ccc(F)cc2F)CC1. The second-order valence-corrected chi connectivity index (χ2v) is 7.29. The molecule has 0 saturated carbocycles. The van der Waals surface area contributed by atoms with Gasteiger partial charge in [0.1, 0.15) is 11.6 Å². The number of carbonyl (C=O) groups excluding carboxylic acids is 2. The van der Waals surface area contributed by atoms with Crippen molar-refractivity contribution in [3.05, 3.63) is 35.4 Å². The van der Waals surface area contributed by atoms with E-state index in [0.717, 1.165) is 45.3 Å². The van der Waals surface area contributed by atoms with Crippen LogP contribution in [-0.2, 0) is 9.53 Å². The Hall–Kier alpha value is -2.06. The fourth-order valence-electron chi connectivity index (χ4n) is 3.66. The van der Waals surface area contributed by atoms with Crippen molar-refractivity contribution in [1.29, 1.82) is 0 Å². The Morgan fingerprint density at radius 3 is 2.50 bits per heavy atom. The molecule has 3 rings (SSSR count). The number of nitrogens with zero attached hydrogens (tertiary/aromatic N) is 2. The minimum Gasteiger partial charge on any atom is -0.379 e. The highest BCUT2D eigenvalue weighted by Crippen LogP contribution is 2.20. The van der Waals surface area contributed by atoms with Crippen molar-refractivity contribution in [2.24, 2.45) is 5.92 Å². The Morgan fingerprint density at radius 1 is 1.11 bits per heavy atom. The van der Waals surface area contributed by atoms with Crippen LogP contribution < -0.4 is 5.32 Å². The van der Waals surface area contributed by atoms with E-state index in [2.05, 4.69) is 10.2 Å². The van der Waals surface area contributed by atoms with Crippen LogP contribution in [0.1, 0.15) is 29.6 Å². The number of rotatable bonds is 6. The Morgan fingerprint density at radius 2 is 1.82 bits per heavy atom. The molecule has 6 nitrogen and oxygen atoms in total. The zero-order valence-electron chi connectivity index (χ0n) is 16.0. The summed E-state index contributed by atoms with van der Waals surface area (Å²) >= 11 is 0. The van der Waals surface area contributed by atoms with Crippen LogP contribution in [0.2, 0.25) is 0 Å². The molecule has 1 aromatic carbocycles. The van der Waals surface area contributed by atoms with Crippen molar-refractivity contribution in [1.82, 2.24) is 15.1 Å². The number of benzene rings is 1. The van der Waals surface area contributed by atoms with Gasteiger partial charge in [0.05, 0.1) is 18.8 Å². The number of carbonyl (C=O) groups is 2. The topological polar surface area (TPSA) is 61.9 Å². The number of ether oxygens (including phenoxy) is 1. The average Bonchev–Trinajstić information content (AvgIpc) is 2.71. The van der Waals surface area contributed by atoms with Gasteiger partial charge in [0, 0.05) is 44.7 Å². The summed E-state index contributed by atoms with van der Waals surface area (Å²) in [6.07, 6.45) is 1.99. The van der Waals surface area contributed by atoms with Crippen LogP contribution in [0, 0.1) is 17.6 Å². The number of morpholine rings is 1. The van der Waals surface area contributed by atoms with Crippen molar-refractivity contribution in [2.75, 3.05) is 52.5 Å². The second-order valence-electron chi connectivity index (χ2n) is 7.29. The first-order valence-electron chi connectivity index (χ1n) is 9.87. The van der Waals surface area contributed by atoms with Crippen molar-refractivity contribution in [2.45, 2.75) is 19.3 Å². The van der Waals surface area contributed by atoms with Crippen molar-refractivity contribution < 1.29 is 23.1 Å². The zero-order chi connectivity index (χ0) is 19.9. The third kappa shape index (κ3) is 5.48. The first kappa shape index (κ1) is 20.7. The fourth-order valence-corrected chi connectivity index (χ4v) is 3.66. The van der Waals surface area contributed by atoms with E-state index >= 15 is 0 Å². The van der Waals surface area contributed by atoms with Crippen LogP contribution >= 0.6 is 0 Å². The molecule has 0 radical (unpaired) electrons. The molecule has 8 heteroatoms. The lowest BCUT2D eigenvalue weighted by atomic mass is 9.95. The molecule has 1 aromatic rings.